The van der Waals surface area contributed by atoms with Crippen molar-refractivity contribution in [2.75, 3.05) is 13.1 Å². The van der Waals surface area contributed by atoms with Crippen LogP contribution in [0.15, 0.2) is 47.5 Å². The molecule has 2 aromatic carbocycles. The Hall–Kier alpha value is -2.57. The van der Waals surface area contributed by atoms with E-state index in [0.29, 0.717) is 21.9 Å². The number of hydrogen-bond donors (Lipinski definition) is 0. The van der Waals surface area contributed by atoms with Crippen LogP contribution in [0, 0.1) is 5.82 Å². The lowest BCUT2D eigenvalue weighted by Gasteiger charge is -2.18. The van der Waals surface area contributed by atoms with Gasteiger partial charge in [-0.3, -0.25) is 14.5 Å². The number of rotatable bonds is 3. The van der Waals surface area contributed by atoms with Crippen molar-refractivity contribution in [3.8, 4) is 5.69 Å². The summed E-state index contributed by atoms with van der Waals surface area (Å²) in [5, 5.41) is 9.48. The maximum atomic E-state index is 14.7. The van der Waals surface area contributed by atoms with E-state index < -0.39 is 0 Å². The highest BCUT2D eigenvalue weighted by Crippen LogP contribution is 2.35. The van der Waals surface area contributed by atoms with Gasteiger partial charge in [-0.2, -0.15) is 0 Å². The van der Waals surface area contributed by atoms with Crippen LogP contribution in [0.1, 0.15) is 48.6 Å². The molecule has 5 rings (SSSR count). The van der Waals surface area contributed by atoms with Gasteiger partial charge in [0.15, 0.2) is 11.6 Å². The molecule has 29 heavy (non-hydrogen) atoms. The maximum Gasteiger partial charge on any atom is 0.162 e. The van der Waals surface area contributed by atoms with Gasteiger partial charge in [-0.15, -0.1) is 10.2 Å². The van der Waals surface area contributed by atoms with Crippen LogP contribution in [-0.2, 0) is 6.54 Å². The number of halogens is 2. The number of fused-ring (bicyclic) bond motifs is 3. The number of aliphatic imine (C=N–C) groups is 1. The molecular formula is C22H21ClFN5. The molecule has 1 saturated heterocycles. The molecule has 1 atom stereocenters. The zero-order chi connectivity index (χ0) is 20.0. The molecule has 0 amide bonds. The van der Waals surface area contributed by atoms with E-state index >= 15 is 0 Å². The Morgan fingerprint density at radius 2 is 1.86 bits per heavy atom. The Morgan fingerprint density at radius 1 is 1.07 bits per heavy atom. The van der Waals surface area contributed by atoms with E-state index in [2.05, 4.69) is 19.7 Å². The molecule has 148 valence electrons. The standard InChI is InChI=1S/C22H21ClFN5/c1-14-22-27-26-19(13-28-11-4-5-12-28)29(22)18-10-6-8-16(23)20(18)21(25-14)15-7-2-3-9-17(15)24/h2-3,6-10,14H,4-5,11-13H2,1H3. The average Bonchev–Trinajstić information content (AvgIpc) is 3.35. The number of aromatic nitrogens is 3. The molecule has 1 aromatic heterocycles. The van der Waals surface area contributed by atoms with Gasteiger partial charge in [-0.1, -0.05) is 29.8 Å². The van der Waals surface area contributed by atoms with E-state index in [1.165, 1.54) is 18.9 Å². The summed E-state index contributed by atoms with van der Waals surface area (Å²) in [6.07, 6.45) is 2.42. The molecule has 0 N–H and O–H groups in total. The smallest absolute Gasteiger partial charge is 0.162 e. The van der Waals surface area contributed by atoms with Crippen LogP contribution in [0.2, 0.25) is 5.02 Å². The van der Waals surface area contributed by atoms with Crippen LogP contribution in [0.3, 0.4) is 0 Å². The average molecular weight is 410 g/mol. The van der Waals surface area contributed by atoms with Crippen LogP contribution >= 0.6 is 11.6 Å². The molecule has 0 spiro atoms. The summed E-state index contributed by atoms with van der Waals surface area (Å²) in [7, 11) is 0. The second kappa shape index (κ2) is 7.35. The second-order valence-electron chi connectivity index (χ2n) is 7.56. The van der Waals surface area contributed by atoms with Gasteiger partial charge in [0.25, 0.3) is 0 Å². The van der Waals surface area contributed by atoms with Crippen molar-refractivity contribution in [3.05, 3.63) is 76.1 Å². The quantitative estimate of drug-likeness (QED) is 0.636. The second-order valence-corrected chi connectivity index (χ2v) is 7.97. The molecule has 1 fully saturated rings. The zero-order valence-corrected chi connectivity index (χ0v) is 16.9. The first kappa shape index (κ1) is 18.5. The SMILES string of the molecule is CC1N=C(c2ccccc2F)c2c(Cl)cccc2-n2c(CN3CCCC3)nnc21. The fourth-order valence-electron chi connectivity index (χ4n) is 4.21. The molecule has 7 heteroatoms. The van der Waals surface area contributed by atoms with Gasteiger partial charge in [-0.25, -0.2) is 4.39 Å². The van der Waals surface area contributed by atoms with Crippen molar-refractivity contribution in [3.63, 3.8) is 0 Å². The predicted molar refractivity (Wildman–Crippen MR) is 111 cm³/mol. The van der Waals surface area contributed by atoms with Crippen LogP contribution < -0.4 is 0 Å². The number of hydrogen-bond acceptors (Lipinski definition) is 4. The first-order valence-corrected chi connectivity index (χ1v) is 10.3. The largest absolute Gasteiger partial charge is 0.296 e. The molecule has 5 nitrogen and oxygen atoms in total. The lowest BCUT2D eigenvalue weighted by Crippen LogP contribution is -2.21. The van der Waals surface area contributed by atoms with Crippen molar-refractivity contribution in [1.29, 1.82) is 0 Å². The Balaban J connectivity index is 1.72. The van der Waals surface area contributed by atoms with Gasteiger partial charge >= 0.3 is 0 Å². The van der Waals surface area contributed by atoms with Crippen molar-refractivity contribution >= 4 is 17.3 Å². The van der Waals surface area contributed by atoms with Crippen molar-refractivity contribution < 1.29 is 4.39 Å². The van der Waals surface area contributed by atoms with Gasteiger partial charge in [0, 0.05) is 11.1 Å². The van der Waals surface area contributed by atoms with Crippen LogP contribution in [0.4, 0.5) is 4.39 Å². The molecule has 3 aromatic rings. The summed E-state index contributed by atoms with van der Waals surface area (Å²) in [5.41, 5.74) is 2.55. The molecule has 0 saturated carbocycles. The first-order valence-electron chi connectivity index (χ1n) is 9.92. The summed E-state index contributed by atoms with van der Waals surface area (Å²) >= 11 is 6.65. The minimum absolute atomic E-state index is 0.284. The lowest BCUT2D eigenvalue weighted by atomic mass is 9.99. The molecule has 0 bridgehead atoms. The molecule has 2 aliphatic heterocycles. The Bertz CT molecular complexity index is 1100. The highest BCUT2D eigenvalue weighted by molar-refractivity contribution is 6.36. The molecular weight excluding hydrogens is 389 g/mol. The van der Waals surface area contributed by atoms with Gasteiger partial charge in [-0.05, 0) is 57.1 Å². The minimum Gasteiger partial charge on any atom is -0.296 e. The van der Waals surface area contributed by atoms with Crippen LogP contribution in [0.5, 0.6) is 0 Å². The molecule has 2 aliphatic rings. The van der Waals surface area contributed by atoms with Gasteiger partial charge in [0.05, 0.1) is 23.0 Å². The number of benzene rings is 2. The van der Waals surface area contributed by atoms with Crippen molar-refractivity contribution in [1.82, 2.24) is 19.7 Å². The van der Waals surface area contributed by atoms with Gasteiger partial charge in [0.1, 0.15) is 11.9 Å². The number of nitrogens with zero attached hydrogens (tertiary/aromatic N) is 5. The third-order valence-corrected chi connectivity index (χ3v) is 5.93. The summed E-state index contributed by atoms with van der Waals surface area (Å²) in [6, 6.07) is 12.1. The summed E-state index contributed by atoms with van der Waals surface area (Å²) in [6.45, 7) is 4.82. The zero-order valence-electron chi connectivity index (χ0n) is 16.1. The first-order chi connectivity index (χ1) is 14.1. The Kier molecular flexibility index (Phi) is 4.68. The number of likely N-dealkylation sites (tertiary alicyclic amines) is 1. The van der Waals surface area contributed by atoms with Crippen LogP contribution in [0.25, 0.3) is 5.69 Å². The van der Waals surface area contributed by atoms with Crippen LogP contribution in [-0.4, -0.2) is 38.5 Å². The van der Waals surface area contributed by atoms with E-state index in [9.17, 15) is 4.39 Å². The van der Waals surface area contributed by atoms with E-state index in [0.717, 1.165) is 37.0 Å². The van der Waals surface area contributed by atoms with Crippen molar-refractivity contribution in [2.45, 2.75) is 32.4 Å². The Labute approximate surface area is 173 Å². The highest BCUT2D eigenvalue weighted by atomic mass is 35.5. The monoisotopic (exact) mass is 409 g/mol. The van der Waals surface area contributed by atoms with E-state index in [1.807, 2.05) is 31.2 Å². The topological polar surface area (TPSA) is 46.3 Å². The van der Waals surface area contributed by atoms with E-state index in [1.54, 1.807) is 12.1 Å². The molecule has 0 aliphatic carbocycles. The lowest BCUT2D eigenvalue weighted by molar-refractivity contribution is 0.320. The van der Waals surface area contributed by atoms with Gasteiger partial charge < -0.3 is 0 Å². The summed E-state index contributed by atoms with van der Waals surface area (Å²) < 4.78 is 16.8. The van der Waals surface area contributed by atoms with Crippen molar-refractivity contribution in [2.24, 2.45) is 4.99 Å². The van der Waals surface area contributed by atoms with E-state index in [4.69, 9.17) is 16.6 Å². The van der Waals surface area contributed by atoms with Gasteiger partial charge in [0.2, 0.25) is 0 Å². The molecule has 3 heterocycles. The Morgan fingerprint density at radius 3 is 2.66 bits per heavy atom. The summed E-state index contributed by atoms with van der Waals surface area (Å²) in [4.78, 5) is 7.24. The third-order valence-electron chi connectivity index (χ3n) is 5.61. The summed E-state index contributed by atoms with van der Waals surface area (Å²) in [5.74, 6) is 1.29. The van der Waals surface area contributed by atoms with E-state index in [-0.39, 0.29) is 11.9 Å². The highest BCUT2D eigenvalue weighted by Gasteiger charge is 2.29. The fraction of sp³-hybridized carbons (Fsp3) is 0.318. The normalized spacial score (nSPS) is 18.9. The fourth-order valence-corrected chi connectivity index (χ4v) is 4.47. The minimum atomic E-state index is -0.320. The predicted octanol–water partition coefficient (Wildman–Crippen LogP) is 4.57. The molecule has 0 radical (unpaired) electrons. The third kappa shape index (κ3) is 3.16. The molecule has 1 unspecified atom stereocenters. The maximum absolute atomic E-state index is 14.7.